The molecule has 2 aromatic heterocycles. The van der Waals surface area contributed by atoms with E-state index in [0.29, 0.717) is 24.9 Å². The lowest BCUT2D eigenvalue weighted by Crippen LogP contribution is -2.41. The predicted octanol–water partition coefficient (Wildman–Crippen LogP) is 10.3. The van der Waals surface area contributed by atoms with E-state index in [4.69, 9.17) is 19.4 Å². The second kappa shape index (κ2) is 14.9. The van der Waals surface area contributed by atoms with Gasteiger partial charge in [-0.1, -0.05) is 39.0 Å². The highest BCUT2D eigenvalue weighted by Crippen LogP contribution is 2.48. The number of rotatable bonds is 8. The van der Waals surface area contributed by atoms with E-state index in [-0.39, 0.29) is 42.4 Å². The maximum atomic E-state index is 13.1. The van der Waals surface area contributed by atoms with Crippen LogP contribution in [-0.4, -0.2) is 77.2 Å². The Kier molecular flexibility index (Phi) is 10.6. The molecule has 6 atom stereocenters. The van der Waals surface area contributed by atoms with Gasteiger partial charge in [0.05, 0.1) is 34.2 Å². The number of benzene rings is 2. The minimum Gasteiger partial charge on any atom is -0.444 e. The number of hydrogen-bond donors (Lipinski definition) is 2. The van der Waals surface area contributed by atoms with Crippen molar-refractivity contribution in [1.29, 1.82) is 0 Å². The highest BCUT2D eigenvalue weighted by atomic mass is 16.6. The second-order valence-electron chi connectivity index (χ2n) is 18.3. The number of nitrogens with zero attached hydrogens (tertiary/aromatic N) is 5. The number of imidazole rings is 2. The van der Waals surface area contributed by atoms with E-state index in [1.807, 2.05) is 51.3 Å². The Morgan fingerprint density at radius 1 is 0.727 bits per heavy atom. The number of H-pyrrole nitrogens is 2. The first-order chi connectivity index (χ1) is 26.0. The van der Waals surface area contributed by atoms with Crippen LogP contribution in [0.15, 0.2) is 49.1 Å². The Morgan fingerprint density at radius 3 is 1.55 bits per heavy atom. The molecule has 3 aliphatic heterocycles. The standard InChI is InChI=1S/C44H61N7O4/c1-11-34(27(4)26(2)3)51-35(28-16-18-30-32(24-28)47-39(45-30)37-14-12-22-49(37)41(52)54-43(5,6)7)20-21-36(51)29-17-19-31-33(25-29)48-40(46-31)38-15-13-23-50(38)42(53)55-44(8,9)10/h11,16-19,24-27,34-38H,1,12-15,20-23H2,2-10H3,(H,45,47)(H,46,48)/t27-,34?,35?,36?,37-,38?/m0/s1. The van der Waals surface area contributed by atoms with Gasteiger partial charge in [-0.2, -0.15) is 0 Å². The maximum Gasteiger partial charge on any atom is 0.410 e. The summed E-state index contributed by atoms with van der Waals surface area (Å²) >= 11 is 0. The van der Waals surface area contributed by atoms with Crippen molar-refractivity contribution in [2.45, 2.75) is 142 Å². The van der Waals surface area contributed by atoms with Gasteiger partial charge >= 0.3 is 12.2 Å². The summed E-state index contributed by atoms with van der Waals surface area (Å²) in [7, 11) is 0. The Hall–Kier alpha value is -4.38. The average molecular weight is 752 g/mol. The molecule has 55 heavy (non-hydrogen) atoms. The summed E-state index contributed by atoms with van der Waals surface area (Å²) in [6.45, 7) is 24.1. The molecular weight excluding hydrogens is 691 g/mol. The molecule has 0 radical (unpaired) electrons. The highest BCUT2D eigenvalue weighted by molar-refractivity contribution is 5.78. The zero-order valence-corrected chi connectivity index (χ0v) is 34.3. The van der Waals surface area contributed by atoms with Crippen molar-refractivity contribution in [2.75, 3.05) is 13.1 Å². The van der Waals surface area contributed by atoms with Gasteiger partial charge in [-0.15, -0.1) is 6.58 Å². The van der Waals surface area contributed by atoms with Crippen molar-refractivity contribution in [1.82, 2.24) is 34.6 Å². The van der Waals surface area contributed by atoms with Crippen molar-refractivity contribution in [2.24, 2.45) is 11.8 Å². The number of ether oxygens (including phenoxy) is 2. The van der Waals surface area contributed by atoms with Gasteiger partial charge in [0, 0.05) is 31.2 Å². The summed E-state index contributed by atoms with van der Waals surface area (Å²) in [6.07, 6.45) is 7.10. The number of aromatic amines is 2. The Bertz CT molecular complexity index is 1900. The Balaban J connectivity index is 1.18. The summed E-state index contributed by atoms with van der Waals surface area (Å²) in [4.78, 5) is 49.8. The molecule has 3 fully saturated rings. The van der Waals surface area contributed by atoms with Gasteiger partial charge in [0.2, 0.25) is 0 Å². The largest absolute Gasteiger partial charge is 0.444 e. The Labute approximate surface area is 326 Å². The summed E-state index contributed by atoms with van der Waals surface area (Å²) in [6, 6.07) is 13.5. The van der Waals surface area contributed by atoms with Crippen molar-refractivity contribution >= 4 is 34.3 Å². The summed E-state index contributed by atoms with van der Waals surface area (Å²) in [5.74, 6) is 2.48. The van der Waals surface area contributed by atoms with E-state index >= 15 is 0 Å². The smallest absolute Gasteiger partial charge is 0.410 e. The molecular formula is C44H61N7O4. The topological polar surface area (TPSA) is 120 Å². The molecule has 2 N–H and O–H groups in total. The first-order valence-corrected chi connectivity index (χ1v) is 20.4. The lowest BCUT2D eigenvalue weighted by molar-refractivity contribution is 0.0208. The van der Waals surface area contributed by atoms with Crippen LogP contribution >= 0.6 is 0 Å². The zero-order valence-electron chi connectivity index (χ0n) is 34.3. The molecule has 3 aliphatic rings. The fourth-order valence-corrected chi connectivity index (χ4v) is 8.93. The normalized spacial score (nSPS) is 23.6. The molecule has 7 rings (SSSR count). The molecule has 296 valence electrons. The summed E-state index contributed by atoms with van der Waals surface area (Å²) < 4.78 is 11.5. The lowest BCUT2D eigenvalue weighted by atomic mass is 9.87. The average Bonchev–Trinajstić information content (AvgIpc) is 3.94. The van der Waals surface area contributed by atoms with Crippen LogP contribution in [0.2, 0.25) is 0 Å². The monoisotopic (exact) mass is 751 g/mol. The van der Waals surface area contributed by atoms with E-state index in [2.05, 4.69) is 84.7 Å². The van der Waals surface area contributed by atoms with E-state index in [0.717, 1.165) is 72.2 Å². The SMILES string of the molecule is C=CC([C@@H](C)C(C)C)N1C(c2ccc3nc(C4CCCN4C(=O)OC(C)(C)C)[nH]c3c2)CCC1c1ccc2nc([C@@H]3CCCN3C(=O)OC(C)(C)C)[nH]c2c1. The first-order valence-electron chi connectivity index (χ1n) is 20.4. The van der Waals surface area contributed by atoms with Gasteiger partial charge < -0.3 is 19.4 Å². The molecule has 0 aliphatic carbocycles. The van der Waals surface area contributed by atoms with E-state index < -0.39 is 11.2 Å². The molecule has 0 bridgehead atoms. The third-order valence-corrected chi connectivity index (χ3v) is 11.8. The van der Waals surface area contributed by atoms with Crippen LogP contribution in [0.25, 0.3) is 22.1 Å². The van der Waals surface area contributed by atoms with Crippen LogP contribution < -0.4 is 0 Å². The molecule has 0 saturated carbocycles. The van der Waals surface area contributed by atoms with Gasteiger partial charge in [-0.05, 0) is 127 Å². The van der Waals surface area contributed by atoms with Crippen molar-refractivity contribution in [3.05, 3.63) is 71.8 Å². The molecule has 11 heteroatoms. The number of amides is 2. The summed E-state index contributed by atoms with van der Waals surface area (Å²) in [5.41, 5.74) is 5.16. The predicted molar refractivity (Wildman–Crippen MR) is 217 cm³/mol. The van der Waals surface area contributed by atoms with Crippen LogP contribution in [0.1, 0.15) is 148 Å². The first kappa shape index (κ1) is 38.9. The van der Waals surface area contributed by atoms with E-state index in [1.54, 1.807) is 0 Å². The number of fused-ring (bicyclic) bond motifs is 2. The highest BCUT2D eigenvalue weighted by Gasteiger charge is 2.42. The summed E-state index contributed by atoms with van der Waals surface area (Å²) in [5, 5.41) is 0. The quantitative estimate of drug-likeness (QED) is 0.172. The molecule has 4 aromatic rings. The lowest BCUT2D eigenvalue weighted by Gasteiger charge is -2.40. The molecule has 5 heterocycles. The number of carbonyl (C=O) groups is 2. The minimum atomic E-state index is -0.554. The van der Waals surface area contributed by atoms with Gasteiger partial charge in [0.25, 0.3) is 0 Å². The molecule has 11 nitrogen and oxygen atoms in total. The molecule has 2 aromatic carbocycles. The molecule has 4 unspecified atom stereocenters. The zero-order chi connectivity index (χ0) is 39.4. The third kappa shape index (κ3) is 8.00. The van der Waals surface area contributed by atoms with Crippen molar-refractivity contribution < 1.29 is 19.1 Å². The third-order valence-electron chi connectivity index (χ3n) is 11.8. The van der Waals surface area contributed by atoms with Crippen LogP contribution in [0.4, 0.5) is 9.59 Å². The molecule has 3 saturated heterocycles. The second-order valence-corrected chi connectivity index (χ2v) is 18.3. The van der Waals surface area contributed by atoms with Crippen molar-refractivity contribution in [3.63, 3.8) is 0 Å². The number of carbonyl (C=O) groups excluding carboxylic acids is 2. The number of likely N-dealkylation sites (tertiary alicyclic amines) is 3. The molecule has 2 amide bonds. The molecule has 0 spiro atoms. The van der Waals surface area contributed by atoms with Gasteiger partial charge in [0.15, 0.2) is 0 Å². The van der Waals surface area contributed by atoms with Crippen LogP contribution in [0.3, 0.4) is 0 Å². The fraction of sp³-hybridized carbons (Fsp3) is 0.591. The van der Waals surface area contributed by atoms with Gasteiger partial charge in [0.1, 0.15) is 22.9 Å². The van der Waals surface area contributed by atoms with Crippen LogP contribution in [-0.2, 0) is 9.47 Å². The minimum absolute atomic E-state index is 0.137. The van der Waals surface area contributed by atoms with Crippen LogP contribution in [0.5, 0.6) is 0 Å². The maximum absolute atomic E-state index is 13.1. The van der Waals surface area contributed by atoms with E-state index in [1.165, 1.54) is 11.1 Å². The number of aromatic nitrogens is 4. The van der Waals surface area contributed by atoms with Gasteiger partial charge in [-0.3, -0.25) is 14.7 Å². The number of hydrogen-bond acceptors (Lipinski definition) is 7. The number of nitrogens with one attached hydrogen (secondary N) is 2. The van der Waals surface area contributed by atoms with E-state index in [9.17, 15) is 9.59 Å². The fourth-order valence-electron chi connectivity index (χ4n) is 8.93. The Morgan fingerprint density at radius 2 is 1.16 bits per heavy atom. The van der Waals surface area contributed by atoms with Gasteiger partial charge in [-0.25, -0.2) is 19.6 Å². The van der Waals surface area contributed by atoms with Crippen molar-refractivity contribution in [3.8, 4) is 0 Å². The van der Waals surface area contributed by atoms with Crippen LogP contribution in [0, 0.1) is 11.8 Å².